The van der Waals surface area contributed by atoms with E-state index in [0.29, 0.717) is 6.04 Å². The minimum Gasteiger partial charge on any atom is -0.385 e. The van der Waals surface area contributed by atoms with Gasteiger partial charge in [0.25, 0.3) is 0 Å². The molecule has 4 nitrogen and oxygen atoms in total. The van der Waals surface area contributed by atoms with Crippen LogP contribution in [0.1, 0.15) is 43.2 Å². The third-order valence-corrected chi connectivity index (χ3v) is 6.20. The number of hydrogen-bond donors (Lipinski definition) is 2. The maximum Gasteiger partial charge on any atom is 0.0917 e. The van der Waals surface area contributed by atoms with Gasteiger partial charge in [-0.2, -0.15) is 0 Å². The molecule has 1 aromatic carbocycles. The van der Waals surface area contributed by atoms with Gasteiger partial charge in [-0.05, 0) is 37.7 Å². The monoisotopic (exact) mass is 299 g/mol. The number of hydrogen-bond acceptors (Lipinski definition) is 4. The van der Waals surface area contributed by atoms with Crippen molar-refractivity contribution in [3.63, 3.8) is 0 Å². The van der Waals surface area contributed by atoms with E-state index in [1.165, 1.54) is 35.3 Å². The quantitative estimate of drug-likeness (QED) is 0.831. The van der Waals surface area contributed by atoms with E-state index in [2.05, 4.69) is 27.2 Å². The fraction of sp³-hybridized carbons (Fsp3) is 0.667. The van der Waals surface area contributed by atoms with Crippen molar-refractivity contribution in [2.75, 3.05) is 36.0 Å². The van der Waals surface area contributed by atoms with Crippen LogP contribution in [0.5, 0.6) is 0 Å². The second-order valence-corrected chi connectivity index (χ2v) is 7.47. The van der Waals surface area contributed by atoms with Crippen molar-refractivity contribution in [1.29, 1.82) is 0 Å². The molecule has 0 radical (unpaired) electrons. The maximum atomic E-state index is 11.0. The summed E-state index contributed by atoms with van der Waals surface area (Å²) >= 11 is 0. The number of fused-ring (bicyclic) bond motifs is 2. The lowest BCUT2D eigenvalue weighted by atomic mass is 9.73. The molecule has 1 saturated carbocycles. The summed E-state index contributed by atoms with van der Waals surface area (Å²) in [7, 11) is 0. The first-order chi connectivity index (χ1) is 10.8. The van der Waals surface area contributed by atoms with Crippen molar-refractivity contribution in [3.05, 3.63) is 23.3 Å². The number of benzene rings is 1. The average Bonchev–Trinajstić information content (AvgIpc) is 2.87. The highest BCUT2D eigenvalue weighted by molar-refractivity contribution is 5.82. The molecule has 0 bridgehead atoms. The van der Waals surface area contributed by atoms with Gasteiger partial charge in [0.1, 0.15) is 0 Å². The van der Waals surface area contributed by atoms with E-state index in [-0.39, 0.29) is 0 Å². The topological polar surface area (TPSA) is 38.7 Å². The molecule has 1 atom stereocenters. The molecule has 2 N–H and O–H groups in total. The minimum atomic E-state index is -0.569. The summed E-state index contributed by atoms with van der Waals surface area (Å²) in [5, 5.41) is 14.6. The van der Waals surface area contributed by atoms with Crippen LogP contribution < -0.4 is 15.1 Å². The molecule has 22 heavy (non-hydrogen) atoms. The van der Waals surface area contributed by atoms with Crippen LogP contribution in [0.15, 0.2) is 12.1 Å². The fourth-order valence-corrected chi connectivity index (χ4v) is 4.87. The smallest absolute Gasteiger partial charge is 0.0917 e. The number of nitrogens with one attached hydrogen (secondary N) is 1. The molecule has 1 aliphatic carbocycles. The van der Waals surface area contributed by atoms with Gasteiger partial charge in [-0.15, -0.1) is 0 Å². The van der Waals surface area contributed by atoms with Crippen molar-refractivity contribution in [1.82, 2.24) is 5.32 Å². The van der Waals surface area contributed by atoms with E-state index >= 15 is 0 Å². The van der Waals surface area contributed by atoms with Crippen molar-refractivity contribution >= 4 is 11.4 Å². The molecule has 5 rings (SSSR count). The summed E-state index contributed by atoms with van der Waals surface area (Å²) in [5.74, 6) is 0. The van der Waals surface area contributed by atoms with Gasteiger partial charge in [-0.25, -0.2) is 0 Å². The Balaban J connectivity index is 1.73. The first-order valence-electron chi connectivity index (χ1n) is 8.87. The zero-order valence-electron chi connectivity index (χ0n) is 13.1. The Labute approximate surface area is 132 Å². The van der Waals surface area contributed by atoms with Gasteiger partial charge in [0.15, 0.2) is 0 Å². The molecule has 0 amide bonds. The van der Waals surface area contributed by atoms with Crippen molar-refractivity contribution in [3.8, 4) is 0 Å². The second kappa shape index (κ2) is 4.62. The molecule has 3 aliphatic heterocycles. The van der Waals surface area contributed by atoms with Gasteiger partial charge in [0.2, 0.25) is 0 Å². The maximum absolute atomic E-state index is 11.0. The first kappa shape index (κ1) is 13.2. The molecule has 4 heteroatoms. The number of nitrogens with zero attached hydrogens (tertiary/aromatic N) is 2. The molecule has 2 fully saturated rings. The lowest BCUT2D eigenvalue weighted by Crippen LogP contribution is -2.48. The Kier molecular flexibility index (Phi) is 2.77. The van der Waals surface area contributed by atoms with Gasteiger partial charge in [0.05, 0.1) is 17.0 Å². The predicted molar refractivity (Wildman–Crippen MR) is 88.5 cm³/mol. The molecule has 4 aliphatic rings. The zero-order valence-corrected chi connectivity index (χ0v) is 13.1. The van der Waals surface area contributed by atoms with E-state index in [4.69, 9.17) is 0 Å². The van der Waals surface area contributed by atoms with Gasteiger partial charge in [-0.3, -0.25) is 0 Å². The van der Waals surface area contributed by atoms with Crippen molar-refractivity contribution in [2.24, 2.45) is 0 Å². The molecular formula is C18H25N3O. The average molecular weight is 299 g/mol. The third kappa shape index (κ3) is 1.71. The summed E-state index contributed by atoms with van der Waals surface area (Å²) < 4.78 is 0. The summed E-state index contributed by atoms with van der Waals surface area (Å²) in [6.07, 6.45) is 5.59. The van der Waals surface area contributed by atoms with E-state index < -0.39 is 5.60 Å². The van der Waals surface area contributed by atoms with Crippen molar-refractivity contribution in [2.45, 2.75) is 50.3 Å². The summed E-state index contributed by atoms with van der Waals surface area (Å²) in [5.41, 5.74) is 4.83. The number of rotatable bonds is 1. The Hall–Kier alpha value is -1.26. The summed E-state index contributed by atoms with van der Waals surface area (Å²) in [6.45, 7) is 5.41. The van der Waals surface area contributed by atoms with Crippen LogP contribution >= 0.6 is 0 Å². The van der Waals surface area contributed by atoms with Crippen LogP contribution in [0, 0.1) is 0 Å². The third-order valence-electron chi connectivity index (χ3n) is 6.20. The largest absolute Gasteiger partial charge is 0.385 e. The van der Waals surface area contributed by atoms with Crippen molar-refractivity contribution < 1.29 is 5.11 Å². The highest BCUT2D eigenvalue weighted by Crippen LogP contribution is 2.52. The van der Waals surface area contributed by atoms with Gasteiger partial charge in [0, 0.05) is 44.3 Å². The normalized spacial score (nSPS) is 28.7. The van der Waals surface area contributed by atoms with Crippen LogP contribution in [0.4, 0.5) is 11.4 Å². The van der Waals surface area contributed by atoms with E-state index in [0.717, 1.165) is 52.0 Å². The van der Waals surface area contributed by atoms with Crippen LogP contribution in [0.2, 0.25) is 0 Å². The fourth-order valence-electron chi connectivity index (χ4n) is 4.87. The number of aliphatic hydroxyl groups is 1. The molecular weight excluding hydrogens is 274 g/mol. The number of anilines is 2. The van der Waals surface area contributed by atoms with E-state index in [1.54, 1.807) is 0 Å². The molecule has 1 unspecified atom stereocenters. The Morgan fingerprint density at radius 3 is 2.86 bits per heavy atom. The van der Waals surface area contributed by atoms with Gasteiger partial charge >= 0.3 is 0 Å². The molecule has 118 valence electrons. The van der Waals surface area contributed by atoms with Gasteiger partial charge in [-0.1, -0.05) is 12.1 Å². The lowest BCUT2D eigenvalue weighted by molar-refractivity contribution is -0.0383. The highest BCUT2D eigenvalue weighted by atomic mass is 16.3. The Bertz CT molecular complexity index is 611. The van der Waals surface area contributed by atoms with E-state index in [1.807, 2.05) is 0 Å². The SMILES string of the molecule is OC1(c2ccc3c4c2N2CCCC2CN4CCNC3)CCC1. The van der Waals surface area contributed by atoms with Crippen LogP contribution in [0.3, 0.4) is 0 Å². The summed E-state index contributed by atoms with van der Waals surface area (Å²) in [4.78, 5) is 5.20. The standard InChI is InChI=1S/C18H25N3O/c22-18(6-2-7-18)15-5-4-13-11-19-8-10-20-12-14-3-1-9-21(14)17(15)16(13)20/h4-5,14,19,22H,1-3,6-12H2. The van der Waals surface area contributed by atoms with Gasteiger partial charge < -0.3 is 20.2 Å². The first-order valence-corrected chi connectivity index (χ1v) is 8.87. The second-order valence-electron chi connectivity index (χ2n) is 7.47. The van der Waals surface area contributed by atoms with Crippen LogP contribution in [-0.2, 0) is 12.1 Å². The molecule has 1 aromatic rings. The Morgan fingerprint density at radius 2 is 2.05 bits per heavy atom. The Morgan fingerprint density at radius 1 is 1.14 bits per heavy atom. The summed E-state index contributed by atoms with van der Waals surface area (Å²) in [6, 6.07) is 5.12. The highest BCUT2D eigenvalue weighted by Gasteiger charge is 2.44. The lowest BCUT2D eigenvalue weighted by Gasteiger charge is -2.47. The zero-order chi connectivity index (χ0) is 14.7. The molecule has 3 heterocycles. The predicted octanol–water partition coefficient (Wildman–Crippen LogP) is 1.95. The van der Waals surface area contributed by atoms with Crippen LogP contribution in [-0.4, -0.2) is 37.3 Å². The van der Waals surface area contributed by atoms with E-state index in [9.17, 15) is 5.11 Å². The molecule has 0 aromatic heterocycles. The molecule has 1 saturated heterocycles. The van der Waals surface area contributed by atoms with Crippen LogP contribution in [0.25, 0.3) is 0 Å². The minimum absolute atomic E-state index is 0.569. The molecule has 0 spiro atoms.